The molecule has 0 radical (unpaired) electrons. The molecule has 0 aliphatic heterocycles. The largest absolute Gasteiger partial charge is 0.435 e. The van der Waals surface area contributed by atoms with Crippen LogP contribution in [0.15, 0.2) is 12.3 Å². The van der Waals surface area contributed by atoms with Crippen LogP contribution in [-0.4, -0.2) is 9.78 Å². The van der Waals surface area contributed by atoms with E-state index in [2.05, 4.69) is 5.10 Å². The van der Waals surface area contributed by atoms with E-state index in [1.165, 1.54) is 17.9 Å². The van der Waals surface area contributed by atoms with Gasteiger partial charge in [-0.05, 0) is 24.8 Å². The molecule has 0 saturated heterocycles. The predicted octanol–water partition coefficient (Wildman–Crippen LogP) is 3.01. The Morgan fingerprint density at radius 1 is 1.40 bits per heavy atom. The fourth-order valence-corrected chi connectivity index (χ4v) is 1.85. The third kappa shape index (κ3) is 1.91. The normalized spacial score (nSPS) is 16.9. The van der Waals surface area contributed by atoms with E-state index in [9.17, 15) is 13.2 Å². The summed E-state index contributed by atoms with van der Waals surface area (Å²) in [5, 5.41) is 3.48. The Balaban J connectivity index is 2.46. The quantitative estimate of drug-likeness (QED) is 0.705. The molecule has 1 aromatic rings. The number of aryl methyl sites for hydroxylation is 1. The zero-order valence-corrected chi connectivity index (χ0v) is 8.30. The summed E-state index contributed by atoms with van der Waals surface area (Å²) in [4.78, 5) is 0. The number of hydrogen-bond donors (Lipinski definition) is 0. The standard InChI is InChI=1S/C10H11F3N2/c1-15-6-8(7-4-2-3-5-7)9(14-15)10(11,12)13/h4,6H,2-3,5H2,1H3. The van der Waals surface area contributed by atoms with Crippen molar-refractivity contribution in [1.82, 2.24) is 9.78 Å². The molecule has 0 amide bonds. The maximum atomic E-state index is 12.6. The number of alkyl halides is 3. The predicted molar refractivity (Wildman–Crippen MR) is 50.0 cm³/mol. The lowest BCUT2D eigenvalue weighted by atomic mass is 10.1. The van der Waals surface area contributed by atoms with Gasteiger partial charge in [-0.25, -0.2) is 0 Å². The van der Waals surface area contributed by atoms with E-state index in [-0.39, 0.29) is 5.56 Å². The summed E-state index contributed by atoms with van der Waals surface area (Å²) >= 11 is 0. The highest BCUT2D eigenvalue weighted by molar-refractivity contribution is 5.68. The molecule has 2 nitrogen and oxygen atoms in total. The summed E-state index contributed by atoms with van der Waals surface area (Å²) in [6.45, 7) is 0. The molecule has 1 aliphatic carbocycles. The van der Waals surface area contributed by atoms with Crippen molar-refractivity contribution in [1.29, 1.82) is 0 Å². The lowest BCUT2D eigenvalue weighted by Crippen LogP contribution is -2.09. The SMILES string of the molecule is Cn1cc(C2=CCCC2)c(C(F)(F)F)n1. The lowest BCUT2D eigenvalue weighted by Gasteiger charge is -2.06. The molecular weight excluding hydrogens is 205 g/mol. The van der Waals surface area contributed by atoms with Gasteiger partial charge in [-0.1, -0.05) is 6.08 Å². The van der Waals surface area contributed by atoms with Crippen molar-refractivity contribution < 1.29 is 13.2 Å². The smallest absolute Gasteiger partial charge is 0.275 e. The number of allylic oxidation sites excluding steroid dienone is 2. The first-order valence-electron chi connectivity index (χ1n) is 4.79. The maximum absolute atomic E-state index is 12.6. The second-order valence-electron chi connectivity index (χ2n) is 3.68. The van der Waals surface area contributed by atoms with Crippen LogP contribution in [0.4, 0.5) is 13.2 Å². The van der Waals surface area contributed by atoms with Gasteiger partial charge in [-0.15, -0.1) is 0 Å². The molecule has 82 valence electrons. The first-order valence-corrected chi connectivity index (χ1v) is 4.79. The summed E-state index contributed by atoms with van der Waals surface area (Å²) in [5.41, 5.74) is 0.246. The first kappa shape index (κ1) is 10.3. The van der Waals surface area contributed by atoms with Crippen molar-refractivity contribution in [3.63, 3.8) is 0 Å². The molecule has 0 bridgehead atoms. The summed E-state index contributed by atoms with van der Waals surface area (Å²) < 4.78 is 39.1. The summed E-state index contributed by atoms with van der Waals surface area (Å²) in [6.07, 6.45) is 1.46. The highest BCUT2D eigenvalue weighted by Crippen LogP contribution is 2.37. The van der Waals surface area contributed by atoms with E-state index < -0.39 is 11.9 Å². The van der Waals surface area contributed by atoms with Gasteiger partial charge in [0.15, 0.2) is 5.69 Å². The Morgan fingerprint density at radius 3 is 2.67 bits per heavy atom. The Kier molecular flexibility index (Phi) is 2.32. The Bertz CT molecular complexity index is 401. The minimum atomic E-state index is -4.36. The molecule has 0 atom stereocenters. The molecule has 0 saturated carbocycles. The van der Waals surface area contributed by atoms with E-state index in [0.717, 1.165) is 24.8 Å². The molecule has 0 N–H and O–H groups in total. The number of hydrogen-bond acceptors (Lipinski definition) is 1. The summed E-state index contributed by atoms with van der Waals surface area (Å²) in [5.74, 6) is 0. The van der Waals surface area contributed by atoms with E-state index in [1.807, 2.05) is 6.08 Å². The molecule has 5 heteroatoms. The molecule has 15 heavy (non-hydrogen) atoms. The number of aromatic nitrogens is 2. The molecule has 0 spiro atoms. The van der Waals surface area contributed by atoms with E-state index in [4.69, 9.17) is 0 Å². The van der Waals surface area contributed by atoms with Crippen molar-refractivity contribution in [3.05, 3.63) is 23.5 Å². The monoisotopic (exact) mass is 216 g/mol. The Labute approximate surface area is 85.4 Å². The van der Waals surface area contributed by atoms with Gasteiger partial charge >= 0.3 is 6.18 Å². The van der Waals surface area contributed by atoms with Crippen LogP contribution in [0.2, 0.25) is 0 Å². The van der Waals surface area contributed by atoms with Crippen molar-refractivity contribution in [2.24, 2.45) is 7.05 Å². The van der Waals surface area contributed by atoms with Gasteiger partial charge < -0.3 is 0 Å². The molecular formula is C10H11F3N2. The van der Waals surface area contributed by atoms with Crippen LogP contribution in [0.5, 0.6) is 0 Å². The van der Waals surface area contributed by atoms with Crippen LogP contribution in [-0.2, 0) is 13.2 Å². The average molecular weight is 216 g/mol. The zero-order valence-electron chi connectivity index (χ0n) is 8.30. The van der Waals surface area contributed by atoms with Gasteiger partial charge in [0.25, 0.3) is 0 Å². The minimum absolute atomic E-state index is 0.238. The third-order valence-electron chi connectivity index (χ3n) is 2.48. The van der Waals surface area contributed by atoms with Gasteiger partial charge in [0, 0.05) is 18.8 Å². The Morgan fingerprint density at radius 2 is 2.13 bits per heavy atom. The van der Waals surface area contributed by atoms with Gasteiger partial charge in [0.05, 0.1) is 0 Å². The highest BCUT2D eigenvalue weighted by Gasteiger charge is 2.37. The zero-order chi connectivity index (χ0) is 11.1. The van der Waals surface area contributed by atoms with E-state index in [1.54, 1.807) is 0 Å². The molecule has 1 aliphatic rings. The Hall–Kier alpha value is -1.26. The highest BCUT2D eigenvalue weighted by atomic mass is 19.4. The van der Waals surface area contributed by atoms with Gasteiger partial charge in [0.1, 0.15) is 0 Å². The topological polar surface area (TPSA) is 17.8 Å². The molecule has 0 unspecified atom stereocenters. The molecule has 2 rings (SSSR count). The van der Waals surface area contributed by atoms with E-state index in [0.29, 0.717) is 0 Å². The van der Waals surface area contributed by atoms with Crippen molar-refractivity contribution in [2.45, 2.75) is 25.4 Å². The molecule has 0 aromatic carbocycles. The number of nitrogens with zero attached hydrogens (tertiary/aromatic N) is 2. The molecule has 1 heterocycles. The van der Waals surface area contributed by atoms with Crippen LogP contribution in [0.3, 0.4) is 0 Å². The molecule has 1 aromatic heterocycles. The third-order valence-corrected chi connectivity index (χ3v) is 2.48. The average Bonchev–Trinajstić information content (AvgIpc) is 2.68. The van der Waals surface area contributed by atoms with Crippen LogP contribution >= 0.6 is 0 Å². The number of rotatable bonds is 1. The van der Waals surface area contributed by atoms with E-state index >= 15 is 0 Å². The van der Waals surface area contributed by atoms with Crippen LogP contribution < -0.4 is 0 Å². The second kappa shape index (κ2) is 3.40. The van der Waals surface area contributed by atoms with Crippen LogP contribution in [0.1, 0.15) is 30.5 Å². The number of halogens is 3. The summed E-state index contributed by atoms with van der Waals surface area (Å²) in [6, 6.07) is 0. The maximum Gasteiger partial charge on any atom is 0.435 e. The van der Waals surface area contributed by atoms with Crippen LogP contribution in [0.25, 0.3) is 5.57 Å². The summed E-state index contributed by atoms with van der Waals surface area (Å²) in [7, 11) is 1.51. The van der Waals surface area contributed by atoms with Gasteiger partial charge in [0.2, 0.25) is 0 Å². The first-order chi connectivity index (χ1) is 6.98. The van der Waals surface area contributed by atoms with Crippen molar-refractivity contribution in [2.75, 3.05) is 0 Å². The van der Waals surface area contributed by atoms with Crippen molar-refractivity contribution in [3.8, 4) is 0 Å². The van der Waals surface area contributed by atoms with Gasteiger partial charge in [-0.3, -0.25) is 4.68 Å². The lowest BCUT2D eigenvalue weighted by molar-refractivity contribution is -0.141. The fourth-order valence-electron chi connectivity index (χ4n) is 1.85. The van der Waals surface area contributed by atoms with Gasteiger partial charge in [-0.2, -0.15) is 18.3 Å². The van der Waals surface area contributed by atoms with Crippen molar-refractivity contribution >= 4 is 5.57 Å². The fraction of sp³-hybridized carbons (Fsp3) is 0.500. The van der Waals surface area contributed by atoms with Crippen LogP contribution in [0, 0.1) is 0 Å². The second-order valence-corrected chi connectivity index (χ2v) is 3.68. The molecule has 0 fully saturated rings. The minimum Gasteiger partial charge on any atom is -0.275 e.